The molecule has 1 aromatic carbocycles. The second kappa shape index (κ2) is 6.60. The molecule has 0 aliphatic heterocycles. The number of hydrogen-bond acceptors (Lipinski definition) is 7. The number of nitrogens with zero attached hydrogens (tertiary/aromatic N) is 3. The van der Waals surface area contributed by atoms with Crippen LogP contribution in [-0.4, -0.2) is 21.1 Å². The van der Waals surface area contributed by atoms with E-state index in [1.807, 2.05) is 47.8 Å². The minimum atomic E-state index is -0.273. The van der Waals surface area contributed by atoms with Gasteiger partial charge in [-0.25, -0.2) is 4.98 Å². The predicted molar refractivity (Wildman–Crippen MR) is 98.7 cm³/mol. The summed E-state index contributed by atoms with van der Waals surface area (Å²) in [6.45, 7) is 0. The van der Waals surface area contributed by atoms with E-state index in [0.717, 1.165) is 20.5 Å². The van der Waals surface area contributed by atoms with Crippen LogP contribution < -0.4 is 5.32 Å². The van der Waals surface area contributed by atoms with Crippen molar-refractivity contribution < 1.29 is 4.79 Å². The van der Waals surface area contributed by atoms with Gasteiger partial charge >= 0.3 is 0 Å². The molecular formula is C16H10N4OS3. The van der Waals surface area contributed by atoms with E-state index in [1.54, 1.807) is 16.7 Å². The largest absolute Gasteiger partial charge is 0.295 e. The molecule has 0 atom stereocenters. The summed E-state index contributed by atoms with van der Waals surface area (Å²) >= 11 is 4.39. The third-order valence-electron chi connectivity index (χ3n) is 3.13. The fourth-order valence-electron chi connectivity index (χ4n) is 2.02. The first-order valence-electron chi connectivity index (χ1n) is 6.99. The summed E-state index contributed by atoms with van der Waals surface area (Å²) in [4.78, 5) is 17.8. The fraction of sp³-hybridized carbons (Fsp3) is 0. The highest BCUT2D eigenvalue weighted by atomic mass is 32.1. The van der Waals surface area contributed by atoms with Crippen molar-refractivity contribution in [3.05, 3.63) is 58.9 Å². The Hall–Kier alpha value is -2.42. The molecular weight excluding hydrogens is 360 g/mol. The second-order valence-corrected chi connectivity index (χ2v) is 7.53. The first kappa shape index (κ1) is 15.1. The van der Waals surface area contributed by atoms with Gasteiger partial charge in [0.2, 0.25) is 5.13 Å². The second-order valence-electron chi connectivity index (χ2n) is 4.75. The van der Waals surface area contributed by atoms with Crippen molar-refractivity contribution in [2.45, 2.75) is 0 Å². The zero-order valence-electron chi connectivity index (χ0n) is 12.2. The normalized spacial score (nSPS) is 10.7. The van der Waals surface area contributed by atoms with E-state index in [0.29, 0.717) is 10.8 Å². The summed E-state index contributed by atoms with van der Waals surface area (Å²) in [6, 6.07) is 13.7. The quantitative estimate of drug-likeness (QED) is 0.568. The van der Waals surface area contributed by atoms with Gasteiger partial charge in [0.05, 0.1) is 4.88 Å². The molecule has 0 saturated carbocycles. The molecule has 0 bridgehead atoms. The van der Waals surface area contributed by atoms with Crippen LogP contribution in [0, 0.1) is 0 Å². The van der Waals surface area contributed by atoms with Crippen molar-refractivity contribution in [2.75, 3.05) is 5.32 Å². The van der Waals surface area contributed by atoms with Gasteiger partial charge in [-0.3, -0.25) is 10.1 Å². The molecule has 1 N–H and O–H groups in total. The lowest BCUT2D eigenvalue weighted by Crippen LogP contribution is -2.12. The van der Waals surface area contributed by atoms with E-state index in [1.165, 1.54) is 22.7 Å². The van der Waals surface area contributed by atoms with E-state index in [4.69, 9.17) is 0 Å². The van der Waals surface area contributed by atoms with Crippen molar-refractivity contribution in [3.63, 3.8) is 0 Å². The van der Waals surface area contributed by atoms with Gasteiger partial charge in [0.1, 0.15) is 15.7 Å². The third-order valence-corrected chi connectivity index (χ3v) is 5.90. The summed E-state index contributed by atoms with van der Waals surface area (Å²) in [5, 5.41) is 16.7. The lowest BCUT2D eigenvalue weighted by atomic mass is 10.2. The molecule has 0 aliphatic carbocycles. The molecule has 8 heteroatoms. The van der Waals surface area contributed by atoms with Crippen LogP contribution in [0.3, 0.4) is 0 Å². The van der Waals surface area contributed by atoms with Crippen LogP contribution in [-0.2, 0) is 0 Å². The van der Waals surface area contributed by atoms with Gasteiger partial charge in [-0.2, -0.15) is 0 Å². The molecule has 0 fully saturated rings. The molecule has 0 spiro atoms. The molecule has 0 radical (unpaired) electrons. The first-order valence-corrected chi connectivity index (χ1v) is 9.57. The molecule has 0 aliphatic rings. The predicted octanol–water partition coefficient (Wildman–Crippen LogP) is 4.64. The zero-order valence-corrected chi connectivity index (χ0v) is 14.6. The summed E-state index contributed by atoms with van der Waals surface area (Å²) in [5.41, 5.74) is 1.36. The number of nitrogens with one attached hydrogen (secondary N) is 1. The highest BCUT2D eigenvalue weighted by Crippen LogP contribution is 2.29. The minimum Gasteiger partial charge on any atom is -0.295 e. The molecule has 3 heterocycles. The lowest BCUT2D eigenvalue weighted by molar-refractivity contribution is 0.102. The Bertz CT molecular complexity index is 960. The summed E-state index contributed by atoms with van der Waals surface area (Å²) in [7, 11) is 0. The van der Waals surface area contributed by atoms with Gasteiger partial charge in [-0.1, -0.05) is 47.7 Å². The van der Waals surface area contributed by atoms with Crippen molar-refractivity contribution >= 4 is 45.0 Å². The van der Waals surface area contributed by atoms with E-state index < -0.39 is 0 Å². The molecule has 0 unspecified atom stereocenters. The minimum absolute atomic E-state index is 0.273. The molecule has 0 saturated heterocycles. The van der Waals surface area contributed by atoms with E-state index in [9.17, 15) is 4.79 Å². The van der Waals surface area contributed by atoms with Gasteiger partial charge < -0.3 is 0 Å². The summed E-state index contributed by atoms with van der Waals surface area (Å²) in [6.07, 6.45) is 0. The zero-order chi connectivity index (χ0) is 16.4. The van der Waals surface area contributed by atoms with Crippen LogP contribution in [0.4, 0.5) is 5.13 Å². The van der Waals surface area contributed by atoms with Gasteiger partial charge in [0.25, 0.3) is 5.91 Å². The van der Waals surface area contributed by atoms with Crippen LogP contribution in [0.1, 0.15) is 10.5 Å². The van der Waals surface area contributed by atoms with Gasteiger partial charge in [0.15, 0.2) is 0 Å². The Morgan fingerprint density at radius 3 is 2.62 bits per heavy atom. The Morgan fingerprint density at radius 1 is 0.958 bits per heavy atom. The van der Waals surface area contributed by atoms with E-state index in [2.05, 4.69) is 20.5 Å². The lowest BCUT2D eigenvalue weighted by Gasteiger charge is -1.96. The number of aromatic nitrogens is 3. The SMILES string of the molecule is O=C(Nc1nnc(-c2ccccc2)s1)c1csc(-c2cccs2)n1. The highest BCUT2D eigenvalue weighted by molar-refractivity contribution is 7.20. The fourth-order valence-corrected chi connectivity index (χ4v) is 4.38. The molecule has 3 aromatic heterocycles. The molecule has 4 rings (SSSR count). The maximum atomic E-state index is 12.3. The first-order chi connectivity index (χ1) is 11.8. The number of carbonyl (C=O) groups is 1. The van der Waals surface area contributed by atoms with Crippen LogP contribution in [0.5, 0.6) is 0 Å². The monoisotopic (exact) mass is 370 g/mol. The van der Waals surface area contributed by atoms with Crippen LogP contribution in [0.2, 0.25) is 0 Å². The van der Waals surface area contributed by atoms with Crippen molar-refractivity contribution in [2.24, 2.45) is 0 Å². The topological polar surface area (TPSA) is 67.8 Å². The average molecular weight is 370 g/mol. The Balaban J connectivity index is 1.50. The number of anilines is 1. The number of amides is 1. The molecule has 4 aromatic rings. The average Bonchev–Trinajstić information content (AvgIpc) is 3.36. The van der Waals surface area contributed by atoms with Crippen LogP contribution in [0.25, 0.3) is 20.5 Å². The summed E-state index contributed by atoms with van der Waals surface area (Å²) in [5.74, 6) is -0.273. The Labute approximate surface area is 149 Å². The number of carbonyl (C=O) groups excluding carboxylic acids is 1. The van der Waals surface area contributed by atoms with Gasteiger partial charge in [-0.15, -0.1) is 32.9 Å². The Morgan fingerprint density at radius 2 is 1.83 bits per heavy atom. The highest BCUT2D eigenvalue weighted by Gasteiger charge is 2.15. The van der Waals surface area contributed by atoms with Gasteiger partial charge in [0, 0.05) is 10.9 Å². The number of rotatable bonds is 4. The molecule has 1 amide bonds. The van der Waals surface area contributed by atoms with Crippen molar-refractivity contribution in [1.82, 2.24) is 15.2 Å². The van der Waals surface area contributed by atoms with E-state index in [-0.39, 0.29) is 5.91 Å². The summed E-state index contributed by atoms with van der Waals surface area (Å²) < 4.78 is 0. The van der Waals surface area contributed by atoms with Gasteiger partial charge in [-0.05, 0) is 11.4 Å². The van der Waals surface area contributed by atoms with Crippen molar-refractivity contribution in [1.29, 1.82) is 0 Å². The third kappa shape index (κ3) is 3.12. The molecule has 118 valence electrons. The number of benzene rings is 1. The van der Waals surface area contributed by atoms with Crippen molar-refractivity contribution in [3.8, 4) is 20.5 Å². The van der Waals surface area contributed by atoms with Crippen LogP contribution in [0.15, 0.2) is 53.2 Å². The molecule has 5 nitrogen and oxygen atoms in total. The smallest absolute Gasteiger partial charge is 0.276 e. The maximum Gasteiger partial charge on any atom is 0.276 e. The molecule has 24 heavy (non-hydrogen) atoms. The standard InChI is InChI=1S/C16H10N4OS3/c21-13(11-9-23-15(17-11)12-7-4-8-22-12)18-16-20-19-14(24-16)10-5-2-1-3-6-10/h1-9H,(H,18,20,21). The number of thiophene rings is 1. The number of thiazole rings is 1. The Kier molecular flexibility index (Phi) is 4.16. The van der Waals surface area contributed by atoms with Crippen LogP contribution >= 0.6 is 34.0 Å². The van der Waals surface area contributed by atoms with E-state index >= 15 is 0 Å². The maximum absolute atomic E-state index is 12.3. The number of hydrogen-bond donors (Lipinski definition) is 1.